The molecule has 0 aliphatic carbocycles. The lowest BCUT2D eigenvalue weighted by Crippen LogP contribution is -2.42. The van der Waals surface area contributed by atoms with E-state index in [2.05, 4.69) is 53.4 Å². The summed E-state index contributed by atoms with van der Waals surface area (Å²) in [5, 5.41) is 71.3. The first-order chi connectivity index (χ1) is 68.9. The predicted molar refractivity (Wildman–Crippen MR) is 520 cm³/mol. The van der Waals surface area contributed by atoms with Crippen LogP contribution in [0.3, 0.4) is 0 Å². The first-order valence-corrected chi connectivity index (χ1v) is 46.6. The van der Waals surface area contributed by atoms with E-state index in [9.17, 15) is 64.5 Å². The normalized spacial score (nSPS) is 14.0. The van der Waals surface area contributed by atoms with E-state index >= 15 is 0 Å². The molecule has 12 rings (SSSR count). The third-order valence-corrected chi connectivity index (χ3v) is 22.6. The fourth-order valence-electron chi connectivity index (χ4n) is 15.7. The summed E-state index contributed by atoms with van der Waals surface area (Å²) in [6.45, 7) is 14.1. The minimum atomic E-state index is -1.23. The number of aromatic nitrogens is 6. The lowest BCUT2D eigenvalue weighted by molar-refractivity contribution is -0.139. The molecule has 37 heteroatoms. The van der Waals surface area contributed by atoms with Crippen LogP contribution in [0.1, 0.15) is 121 Å². The molecule has 0 radical (unpaired) electrons. The number of hydrogen-bond acceptors (Lipinski definition) is 31. The van der Waals surface area contributed by atoms with E-state index in [0.717, 1.165) is 22.3 Å². The van der Waals surface area contributed by atoms with Crippen LogP contribution in [0.5, 0.6) is 23.0 Å². The van der Waals surface area contributed by atoms with Crippen molar-refractivity contribution in [2.45, 2.75) is 72.3 Å². The molecule has 142 heavy (non-hydrogen) atoms. The van der Waals surface area contributed by atoms with Gasteiger partial charge in [-0.1, -0.05) is 47.9 Å². The SMILES string of the molecule is COCCOCCOCCOc1ccc(C#Cc2cc(CN3CCN(CC(=O)O)CCN(Cc4cc(C#Cc5ccc(OCCOCCOCCOCC(COCCOc6ccc(-c7cc(CN8CCN(CC(=O)O)Cc9cccc(n9)CN(Cc9cc(-c%10ccc(O)cc%10C)cc(C(=O)O)n9)CC8)nc(C(=O)O)c7)c(C)c6)OCCOC)cc5)cc(C(=O)O)n4)Cc4cccc(n4)C3)nc(C(=O)O)c2)cc1. The van der Waals surface area contributed by atoms with Crippen molar-refractivity contribution >= 4 is 35.8 Å². The minimum Gasteiger partial charge on any atom is -0.508 e. The van der Waals surface area contributed by atoms with Crippen LogP contribution in [0.4, 0.5) is 0 Å². The second-order valence-electron chi connectivity index (χ2n) is 33.7. The molecule has 4 bridgehead atoms. The summed E-state index contributed by atoms with van der Waals surface area (Å²) >= 11 is 0. The monoisotopic (exact) mass is 1950 g/mol. The molecule has 10 aromatic rings. The molecule has 750 valence electrons. The van der Waals surface area contributed by atoms with E-state index in [1.165, 1.54) is 24.3 Å². The van der Waals surface area contributed by atoms with Gasteiger partial charge in [-0.25, -0.2) is 39.1 Å². The highest BCUT2D eigenvalue weighted by Crippen LogP contribution is 2.32. The zero-order valence-corrected chi connectivity index (χ0v) is 80.0. The molecule has 1 unspecified atom stereocenters. The number of fused-ring (bicyclic) bond motifs is 4. The maximum absolute atomic E-state index is 12.8. The van der Waals surface area contributed by atoms with Gasteiger partial charge in [0.25, 0.3) is 0 Å². The van der Waals surface area contributed by atoms with E-state index in [-0.39, 0.29) is 114 Å². The number of carboxylic acid groups (broad SMARTS) is 6. The van der Waals surface area contributed by atoms with Crippen molar-refractivity contribution in [1.82, 2.24) is 59.3 Å². The molecular formula is C105H120N12O25. The number of aliphatic carboxylic acids is 2. The van der Waals surface area contributed by atoms with Gasteiger partial charge >= 0.3 is 35.8 Å². The molecule has 0 saturated carbocycles. The third-order valence-electron chi connectivity index (χ3n) is 22.6. The standard InChI is InChI=1S/C105H120N12O25/c1-73-51-89(118)19-25-94(73)79-58-88(111-99(59-79)105(129)130)68-116-31-27-112(28-34-117(70-101(121)122)64-84-10-6-9-83(63-116)107-84)65-87-57-80(60-98(110-87)104(127)128)95-26-24-92(52-74(95)2)141-50-46-138-72-93(142-47-36-132-4)71-137-43-42-134-39-41-136-45-49-140-91-22-17-76(18-23-91)12-14-78-54-86(109-97(56-78)103(125)126)67-115-33-30-113(69-100(119)120)29-32-114(61-81-7-5-8-82(62-115)106-81)66-85-53-77(55-96(108-85)102(123)124)13-11-75-15-20-90(21-16-75)139-48-44-135-40-38-133-37-35-131-3/h5-10,15-26,51-60,93,118H,27-50,61-72H2,1-4H3,(H,119,120)(H,121,122)(H,123,124)(H,125,126)(H,127,128)(H,129,130). The Labute approximate surface area is 823 Å². The molecular weight excluding hydrogens is 1830 g/mol. The van der Waals surface area contributed by atoms with Gasteiger partial charge in [0.1, 0.15) is 71.7 Å². The van der Waals surface area contributed by atoms with Gasteiger partial charge in [0.2, 0.25) is 0 Å². The van der Waals surface area contributed by atoms with E-state index < -0.39 is 41.9 Å². The number of aryl methyl sites for hydroxylation is 2. The minimum absolute atomic E-state index is 0.0838. The van der Waals surface area contributed by atoms with Crippen LogP contribution in [0, 0.1) is 37.5 Å². The summed E-state index contributed by atoms with van der Waals surface area (Å²) in [6, 6.07) is 49.1. The van der Waals surface area contributed by atoms with Crippen molar-refractivity contribution in [3.05, 3.63) is 272 Å². The van der Waals surface area contributed by atoms with Crippen LogP contribution in [-0.4, -0.2) is 336 Å². The smallest absolute Gasteiger partial charge is 0.354 e. The van der Waals surface area contributed by atoms with Gasteiger partial charge in [0.05, 0.1) is 158 Å². The maximum atomic E-state index is 12.8. The number of aromatic hydroxyl groups is 1. The van der Waals surface area contributed by atoms with E-state index in [0.29, 0.717) is 247 Å². The number of nitrogens with zero attached hydrogens (tertiary/aromatic N) is 12. The Hall–Kier alpha value is -13.7. The summed E-state index contributed by atoms with van der Waals surface area (Å²) in [6.07, 6.45) is -0.420. The Morgan fingerprint density at radius 1 is 0.324 bits per heavy atom. The van der Waals surface area contributed by atoms with Gasteiger partial charge in [-0.3, -0.25) is 49.0 Å². The highest BCUT2D eigenvalue weighted by atomic mass is 16.6. The van der Waals surface area contributed by atoms with Crippen LogP contribution in [0.2, 0.25) is 0 Å². The van der Waals surface area contributed by atoms with Crippen LogP contribution in [0.15, 0.2) is 170 Å². The van der Waals surface area contributed by atoms with Gasteiger partial charge < -0.3 is 92.6 Å². The molecule has 0 amide bonds. The number of ether oxygens (including phenoxy) is 12. The van der Waals surface area contributed by atoms with Gasteiger partial charge in [-0.2, -0.15) is 0 Å². The zero-order valence-electron chi connectivity index (χ0n) is 80.0. The number of aromatic carboxylic acids is 4. The summed E-state index contributed by atoms with van der Waals surface area (Å²) in [5.41, 5.74) is 10.5. The Bertz CT molecular complexity index is 5980. The van der Waals surface area contributed by atoms with E-state index in [1.807, 2.05) is 101 Å². The molecule has 7 N–H and O–H groups in total. The number of rotatable bonds is 50. The van der Waals surface area contributed by atoms with Crippen molar-refractivity contribution in [3.8, 4) is 68.9 Å². The van der Waals surface area contributed by atoms with E-state index in [4.69, 9.17) is 66.8 Å². The Balaban J connectivity index is 0.563. The van der Waals surface area contributed by atoms with Crippen molar-refractivity contribution in [2.24, 2.45) is 0 Å². The van der Waals surface area contributed by atoms with Crippen molar-refractivity contribution in [1.29, 1.82) is 0 Å². The van der Waals surface area contributed by atoms with Gasteiger partial charge in [0.15, 0.2) is 0 Å². The Kier molecular flexibility index (Phi) is 42.8. The van der Waals surface area contributed by atoms with Crippen molar-refractivity contribution in [2.75, 3.05) is 199 Å². The van der Waals surface area contributed by atoms with Gasteiger partial charge in [0, 0.05) is 141 Å². The molecule has 4 aromatic carbocycles. The molecule has 2 aliphatic heterocycles. The topological polar surface area (TPSA) is 452 Å². The molecule has 1 atom stereocenters. The maximum Gasteiger partial charge on any atom is 0.354 e. The Morgan fingerprint density at radius 3 is 1.08 bits per heavy atom. The lowest BCUT2D eigenvalue weighted by atomic mass is 9.99. The quantitative estimate of drug-likeness (QED) is 0.0138. The number of phenols is 1. The number of carbonyl (C=O) groups is 6. The largest absolute Gasteiger partial charge is 0.508 e. The van der Waals surface area contributed by atoms with Crippen LogP contribution in [-0.2, 0) is 105 Å². The zero-order chi connectivity index (χ0) is 100. The van der Waals surface area contributed by atoms with Crippen molar-refractivity contribution < 1.29 is 121 Å². The summed E-state index contributed by atoms with van der Waals surface area (Å²) in [7, 11) is 3.20. The summed E-state index contributed by atoms with van der Waals surface area (Å²) in [5.74, 6) is 7.45. The first-order valence-electron chi connectivity index (χ1n) is 46.6. The molecule has 2 aliphatic rings. The average Bonchev–Trinajstić information content (AvgIpc) is 0.807. The number of benzene rings is 4. The highest BCUT2D eigenvalue weighted by Gasteiger charge is 2.26. The molecule has 37 nitrogen and oxygen atoms in total. The summed E-state index contributed by atoms with van der Waals surface area (Å²) < 4.78 is 68.5. The fraction of sp³-hybridized carbons (Fsp3) is 0.390. The van der Waals surface area contributed by atoms with Crippen molar-refractivity contribution in [3.63, 3.8) is 0 Å². The average molecular weight is 1950 g/mol. The number of carboxylic acids is 6. The predicted octanol–water partition coefficient (Wildman–Crippen LogP) is 9.73. The number of phenolic OH excluding ortho intramolecular Hbond substituents is 1. The molecule has 0 fully saturated rings. The number of pyridine rings is 6. The Morgan fingerprint density at radius 2 is 0.655 bits per heavy atom. The van der Waals surface area contributed by atoms with Gasteiger partial charge in [-0.05, 0) is 193 Å². The van der Waals surface area contributed by atoms with Crippen LogP contribution in [0.25, 0.3) is 22.3 Å². The molecule has 0 spiro atoms. The van der Waals surface area contributed by atoms with E-state index in [1.54, 1.807) is 91.9 Å². The first kappa shape index (κ1) is 107. The van der Waals surface area contributed by atoms with Crippen LogP contribution >= 0.6 is 0 Å². The fourth-order valence-corrected chi connectivity index (χ4v) is 15.7. The number of methoxy groups -OCH3 is 2. The second kappa shape index (κ2) is 56.7. The van der Waals surface area contributed by atoms with Gasteiger partial charge in [-0.15, -0.1) is 0 Å². The van der Waals surface area contributed by atoms with Crippen LogP contribution < -0.4 is 14.2 Å². The number of hydrogen-bond donors (Lipinski definition) is 7. The lowest BCUT2D eigenvalue weighted by Gasteiger charge is -2.30. The summed E-state index contributed by atoms with van der Waals surface area (Å²) in [4.78, 5) is 115. The third kappa shape index (κ3) is 36.8. The highest BCUT2D eigenvalue weighted by molar-refractivity contribution is 5.89. The molecule has 6 aromatic heterocycles. The second-order valence-corrected chi connectivity index (χ2v) is 33.7. The molecule has 8 heterocycles. The molecule has 0 saturated heterocycles.